The lowest BCUT2D eigenvalue weighted by atomic mass is 10.2. The van der Waals surface area contributed by atoms with Gasteiger partial charge in [-0.3, -0.25) is 0 Å². The van der Waals surface area contributed by atoms with Crippen LogP contribution in [0.3, 0.4) is 0 Å². The molecule has 23 heavy (non-hydrogen) atoms. The van der Waals surface area contributed by atoms with E-state index in [0.717, 1.165) is 12.8 Å². The average molecular weight is 333 g/mol. The van der Waals surface area contributed by atoms with Crippen LogP contribution in [-0.4, -0.2) is 12.6 Å². The zero-order chi connectivity index (χ0) is 16.5. The summed E-state index contributed by atoms with van der Waals surface area (Å²) in [6.45, 7) is 2.80. The molecule has 0 N–H and O–H groups in total. The van der Waals surface area contributed by atoms with Gasteiger partial charge in [0.1, 0.15) is 11.5 Å². The summed E-state index contributed by atoms with van der Waals surface area (Å²) in [5.41, 5.74) is 0.400. The second-order valence-corrected chi connectivity index (χ2v) is 5.66. The number of benzene rings is 2. The molecule has 3 nitrogen and oxygen atoms in total. The van der Waals surface area contributed by atoms with Gasteiger partial charge in [0.2, 0.25) is 0 Å². The first-order valence-corrected chi connectivity index (χ1v) is 8.28. The maximum atomic E-state index is 12.1. The van der Waals surface area contributed by atoms with E-state index in [0.29, 0.717) is 28.7 Å². The molecule has 0 amide bonds. The van der Waals surface area contributed by atoms with Gasteiger partial charge in [-0.2, -0.15) is 0 Å². The Morgan fingerprint density at radius 3 is 2.52 bits per heavy atom. The highest BCUT2D eigenvalue weighted by Gasteiger charge is 2.11. The maximum Gasteiger partial charge on any atom is 0.343 e. The molecule has 0 spiro atoms. The van der Waals surface area contributed by atoms with Gasteiger partial charge in [0.15, 0.2) is 0 Å². The molecule has 0 aliphatic carbocycles. The Bertz CT molecular complexity index is 626. The lowest BCUT2D eigenvalue weighted by molar-refractivity contribution is 0.0734. The third kappa shape index (κ3) is 5.61. The van der Waals surface area contributed by atoms with Gasteiger partial charge in [0, 0.05) is 0 Å². The van der Waals surface area contributed by atoms with Gasteiger partial charge < -0.3 is 9.47 Å². The van der Waals surface area contributed by atoms with E-state index in [1.54, 1.807) is 30.3 Å². The Morgan fingerprint density at radius 1 is 1.04 bits per heavy atom. The Labute approximate surface area is 142 Å². The molecule has 0 saturated carbocycles. The van der Waals surface area contributed by atoms with Crippen LogP contribution in [0, 0.1) is 0 Å². The van der Waals surface area contributed by atoms with Crippen molar-refractivity contribution in [1.82, 2.24) is 0 Å². The zero-order valence-electron chi connectivity index (χ0n) is 13.3. The monoisotopic (exact) mass is 332 g/mol. The number of halogens is 1. The van der Waals surface area contributed by atoms with Crippen molar-refractivity contribution < 1.29 is 14.3 Å². The standard InChI is InChI=1S/C19H21ClO3/c1-2-3-4-8-13-22-18-12-11-15(14-17(18)20)19(21)23-16-9-6-5-7-10-16/h5-7,9-12,14H,2-4,8,13H2,1H3. The smallest absolute Gasteiger partial charge is 0.343 e. The highest BCUT2D eigenvalue weighted by Crippen LogP contribution is 2.26. The Morgan fingerprint density at radius 2 is 1.83 bits per heavy atom. The normalized spacial score (nSPS) is 10.3. The lowest BCUT2D eigenvalue weighted by Gasteiger charge is -2.09. The Balaban J connectivity index is 1.91. The summed E-state index contributed by atoms with van der Waals surface area (Å²) in [7, 11) is 0. The summed E-state index contributed by atoms with van der Waals surface area (Å²) in [5, 5.41) is 0.419. The zero-order valence-corrected chi connectivity index (χ0v) is 14.0. The number of rotatable bonds is 8. The largest absolute Gasteiger partial charge is 0.492 e. The first-order valence-electron chi connectivity index (χ1n) is 7.90. The molecule has 0 unspecified atom stereocenters. The SMILES string of the molecule is CCCCCCOc1ccc(C(=O)Oc2ccccc2)cc1Cl. The number of carbonyl (C=O) groups is 1. The molecular formula is C19H21ClO3. The molecule has 2 aromatic carbocycles. The van der Waals surface area contributed by atoms with Crippen molar-refractivity contribution >= 4 is 17.6 Å². The molecule has 0 saturated heterocycles. The van der Waals surface area contributed by atoms with E-state index in [1.165, 1.54) is 12.8 Å². The summed E-state index contributed by atoms with van der Waals surface area (Å²) < 4.78 is 10.9. The fraction of sp³-hybridized carbons (Fsp3) is 0.316. The first-order chi connectivity index (χ1) is 11.2. The highest BCUT2D eigenvalue weighted by atomic mass is 35.5. The molecule has 2 aromatic rings. The van der Waals surface area contributed by atoms with Crippen molar-refractivity contribution in [2.45, 2.75) is 32.6 Å². The molecule has 0 aromatic heterocycles. The van der Waals surface area contributed by atoms with Crippen molar-refractivity contribution in [2.24, 2.45) is 0 Å². The second-order valence-electron chi connectivity index (χ2n) is 5.26. The van der Waals surface area contributed by atoms with Crippen LogP contribution >= 0.6 is 11.6 Å². The van der Waals surface area contributed by atoms with Gasteiger partial charge in [-0.15, -0.1) is 0 Å². The van der Waals surface area contributed by atoms with E-state index < -0.39 is 5.97 Å². The Kier molecular flexibility index (Phi) is 6.95. The molecule has 4 heteroatoms. The van der Waals surface area contributed by atoms with Gasteiger partial charge >= 0.3 is 5.97 Å². The molecule has 0 radical (unpaired) electrons. The predicted molar refractivity (Wildman–Crippen MR) is 92.5 cm³/mol. The predicted octanol–water partition coefficient (Wildman–Crippen LogP) is 5.52. The number of hydrogen-bond acceptors (Lipinski definition) is 3. The van der Waals surface area contributed by atoms with Gasteiger partial charge in [0.25, 0.3) is 0 Å². The first kappa shape index (κ1) is 17.4. The van der Waals surface area contributed by atoms with Crippen LogP contribution in [0.1, 0.15) is 43.0 Å². The van der Waals surface area contributed by atoms with Crippen LogP contribution in [0.25, 0.3) is 0 Å². The van der Waals surface area contributed by atoms with E-state index >= 15 is 0 Å². The molecule has 0 bridgehead atoms. The van der Waals surface area contributed by atoms with Crippen molar-refractivity contribution in [2.75, 3.05) is 6.61 Å². The summed E-state index contributed by atoms with van der Waals surface area (Å²) >= 11 is 6.18. The van der Waals surface area contributed by atoms with Crippen LogP contribution in [0.2, 0.25) is 5.02 Å². The van der Waals surface area contributed by atoms with Crippen LogP contribution in [0.15, 0.2) is 48.5 Å². The van der Waals surface area contributed by atoms with E-state index in [9.17, 15) is 4.79 Å². The van der Waals surface area contributed by atoms with Crippen LogP contribution in [0.5, 0.6) is 11.5 Å². The van der Waals surface area contributed by atoms with Gasteiger partial charge in [-0.1, -0.05) is 56.0 Å². The molecule has 2 rings (SSSR count). The van der Waals surface area contributed by atoms with E-state index in [-0.39, 0.29) is 0 Å². The summed E-state index contributed by atoms with van der Waals surface area (Å²) in [6, 6.07) is 13.9. The fourth-order valence-corrected chi connectivity index (χ4v) is 2.35. The van der Waals surface area contributed by atoms with Crippen LogP contribution in [-0.2, 0) is 0 Å². The molecule has 0 aliphatic rings. The molecule has 0 atom stereocenters. The van der Waals surface area contributed by atoms with Gasteiger partial charge in [-0.05, 0) is 36.8 Å². The summed E-state index contributed by atoms with van der Waals surface area (Å²) in [5.74, 6) is 0.664. The third-order valence-corrected chi connectivity index (χ3v) is 3.67. The molecule has 0 fully saturated rings. The summed E-state index contributed by atoms with van der Waals surface area (Å²) in [6.07, 6.45) is 4.55. The third-order valence-electron chi connectivity index (χ3n) is 3.38. The number of ether oxygens (including phenoxy) is 2. The molecular weight excluding hydrogens is 312 g/mol. The van der Waals surface area contributed by atoms with Crippen LogP contribution in [0.4, 0.5) is 0 Å². The van der Waals surface area contributed by atoms with E-state index in [2.05, 4.69) is 6.92 Å². The number of unbranched alkanes of at least 4 members (excludes halogenated alkanes) is 3. The fourth-order valence-electron chi connectivity index (χ4n) is 2.11. The van der Waals surface area contributed by atoms with Crippen molar-refractivity contribution in [1.29, 1.82) is 0 Å². The van der Waals surface area contributed by atoms with E-state index in [4.69, 9.17) is 21.1 Å². The van der Waals surface area contributed by atoms with E-state index in [1.807, 2.05) is 18.2 Å². The van der Waals surface area contributed by atoms with Crippen molar-refractivity contribution in [3.05, 3.63) is 59.1 Å². The molecule has 0 aliphatic heterocycles. The minimum atomic E-state index is -0.437. The van der Waals surface area contributed by atoms with Crippen molar-refractivity contribution in [3.8, 4) is 11.5 Å². The second kappa shape index (κ2) is 9.21. The van der Waals surface area contributed by atoms with Crippen molar-refractivity contribution in [3.63, 3.8) is 0 Å². The Hall–Kier alpha value is -2.00. The summed E-state index contributed by atoms with van der Waals surface area (Å²) in [4.78, 5) is 12.1. The maximum absolute atomic E-state index is 12.1. The van der Waals surface area contributed by atoms with Crippen LogP contribution < -0.4 is 9.47 Å². The number of hydrogen-bond donors (Lipinski definition) is 0. The highest BCUT2D eigenvalue weighted by molar-refractivity contribution is 6.32. The topological polar surface area (TPSA) is 35.5 Å². The van der Waals surface area contributed by atoms with Gasteiger partial charge in [-0.25, -0.2) is 4.79 Å². The lowest BCUT2D eigenvalue weighted by Crippen LogP contribution is -2.08. The number of para-hydroxylation sites is 1. The minimum absolute atomic E-state index is 0.400. The average Bonchev–Trinajstić information content (AvgIpc) is 2.56. The molecule has 122 valence electrons. The number of carbonyl (C=O) groups excluding carboxylic acids is 1. The quantitative estimate of drug-likeness (QED) is 0.363. The van der Waals surface area contributed by atoms with Gasteiger partial charge in [0.05, 0.1) is 17.2 Å². The molecule has 0 heterocycles. The number of esters is 1. The minimum Gasteiger partial charge on any atom is -0.492 e.